The summed E-state index contributed by atoms with van der Waals surface area (Å²) in [6.07, 6.45) is 0. The Hall–Kier alpha value is -2.15. The Kier molecular flexibility index (Phi) is 4.00. The van der Waals surface area contributed by atoms with Crippen LogP contribution >= 0.6 is 0 Å². The monoisotopic (exact) mass is 238 g/mol. The minimum absolute atomic E-state index is 0.0612. The lowest BCUT2D eigenvalue weighted by Gasteiger charge is -2.12. The van der Waals surface area contributed by atoms with E-state index < -0.39 is 4.92 Å². The maximum Gasteiger partial charge on any atom is 0.292 e. The van der Waals surface area contributed by atoms with E-state index in [1.165, 1.54) is 23.2 Å². The van der Waals surface area contributed by atoms with Crippen LogP contribution in [0.2, 0.25) is 0 Å². The summed E-state index contributed by atoms with van der Waals surface area (Å²) in [5.74, 6) is -0.318. The molecule has 0 saturated heterocycles. The van der Waals surface area contributed by atoms with Gasteiger partial charge in [-0.25, -0.2) is 5.01 Å². The van der Waals surface area contributed by atoms with Gasteiger partial charge in [-0.2, -0.15) is 0 Å². The van der Waals surface area contributed by atoms with Crippen molar-refractivity contribution >= 4 is 17.3 Å². The van der Waals surface area contributed by atoms with Crippen LogP contribution in [0.25, 0.3) is 0 Å². The number of hydrazine groups is 1. The van der Waals surface area contributed by atoms with Crippen LogP contribution in [0.3, 0.4) is 0 Å². The molecule has 0 fully saturated rings. The third-order valence-corrected chi connectivity index (χ3v) is 2.05. The Morgan fingerprint density at radius 3 is 2.53 bits per heavy atom. The molecule has 2 N–H and O–H groups in total. The second-order valence-electron chi connectivity index (χ2n) is 3.57. The zero-order chi connectivity index (χ0) is 13.0. The first kappa shape index (κ1) is 12.9. The summed E-state index contributed by atoms with van der Waals surface area (Å²) in [4.78, 5) is 21.8. The molecule has 1 aromatic carbocycles. The molecule has 0 saturated carbocycles. The van der Waals surface area contributed by atoms with Crippen LogP contribution < -0.4 is 10.7 Å². The molecule has 0 bridgehead atoms. The SMILES string of the molecule is CNc1cc(C(=O)NN(C)C)ccc1[N+](=O)[O-]. The Morgan fingerprint density at radius 2 is 2.06 bits per heavy atom. The minimum Gasteiger partial charge on any atom is -0.383 e. The van der Waals surface area contributed by atoms with Gasteiger partial charge in [-0.3, -0.25) is 20.3 Å². The van der Waals surface area contributed by atoms with Crippen LogP contribution in [0.15, 0.2) is 18.2 Å². The second kappa shape index (κ2) is 5.26. The molecule has 17 heavy (non-hydrogen) atoms. The summed E-state index contributed by atoms with van der Waals surface area (Å²) in [7, 11) is 4.93. The van der Waals surface area contributed by atoms with Crippen LogP contribution in [0.1, 0.15) is 10.4 Å². The van der Waals surface area contributed by atoms with Gasteiger partial charge >= 0.3 is 0 Å². The fourth-order valence-corrected chi connectivity index (χ4v) is 1.30. The van der Waals surface area contributed by atoms with E-state index in [0.29, 0.717) is 11.3 Å². The topological polar surface area (TPSA) is 87.5 Å². The molecule has 0 heterocycles. The van der Waals surface area contributed by atoms with Gasteiger partial charge in [0.2, 0.25) is 0 Å². The maximum atomic E-state index is 11.7. The molecule has 7 heteroatoms. The van der Waals surface area contributed by atoms with Crippen LogP contribution in [-0.2, 0) is 0 Å². The molecule has 0 aliphatic heterocycles. The number of nitrogens with zero attached hydrogens (tertiary/aromatic N) is 2. The van der Waals surface area contributed by atoms with Gasteiger partial charge in [-0.05, 0) is 12.1 Å². The third kappa shape index (κ3) is 3.15. The molecule has 0 unspecified atom stereocenters. The molecule has 0 aliphatic carbocycles. The Bertz CT molecular complexity index is 445. The maximum absolute atomic E-state index is 11.7. The average molecular weight is 238 g/mol. The Morgan fingerprint density at radius 1 is 1.41 bits per heavy atom. The number of anilines is 1. The number of benzene rings is 1. The average Bonchev–Trinajstić information content (AvgIpc) is 2.27. The summed E-state index contributed by atoms with van der Waals surface area (Å²) >= 11 is 0. The van der Waals surface area contributed by atoms with Crippen LogP contribution in [0, 0.1) is 10.1 Å². The van der Waals surface area contributed by atoms with Gasteiger partial charge in [0.1, 0.15) is 5.69 Å². The molecule has 0 atom stereocenters. The number of nitro benzene ring substituents is 1. The van der Waals surface area contributed by atoms with Crippen molar-refractivity contribution in [2.75, 3.05) is 26.5 Å². The van der Waals surface area contributed by atoms with E-state index in [4.69, 9.17) is 0 Å². The molecule has 1 rings (SSSR count). The molecule has 0 spiro atoms. The lowest BCUT2D eigenvalue weighted by Crippen LogP contribution is -2.36. The lowest BCUT2D eigenvalue weighted by molar-refractivity contribution is -0.383. The smallest absolute Gasteiger partial charge is 0.292 e. The second-order valence-corrected chi connectivity index (χ2v) is 3.57. The van der Waals surface area contributed by atoms with Crippen molar-refractivity contribution in [3.05, 3.63) is 33.9 Å². The van der Waals surface area contributed by atoms with Crippen LogP contribution in [-0.4, -0.2) is 37.0 Å². The third-order valence-electron chi connectivity index (χ3n) is 2.05. The molecule has 1 aromatic rings. The molecule has 7 nitrogen and oxygen atoms in total. The van der Waals surface area contributed by atoms with E-state index in [2.05, 4.69) is 10.7 Å². The first-order valence-corrected chi connectivity index (χ1v) is 4.90. The standard InChI is InChI=1S/C10H14N4O3/c1-11-8-6-7(10(15)12-13(2)3)4-5-9(8)14(16)17/h4-6,11H,1-3H3,(H,12,15). The van der Waals surface area contributed by atoms with Crippen molar-refractivity contribution in [3.8, 4) is 0 Å². The van der Waals surface area contributed by atoms with Crippen molar-refractivity contribution < 1.29 is 9.72 Å². The summed E-state index contributed by atoms with van der Waals surface area (Å²) in [5.41, 5.74) is 3.16. The molecular weight excluding hydrogens is 224 g/mol. The molecule has 0 aliphatic rings. The highest BCUT2D eigenvalue weighted by atomic mass is 16.6. The van der Waals surface area contributed by atoms with E-state index in [-0.39, 0.29) is 11.6 Å². The Labute approximate surface area is 98.5 Å². The highest BCUT2D eigenvalue weighted by molar-refractivity contribution is 5.95. The number of carbonyl (C=O) groups excluding carboxylic acids is 1. The van der Waals surface area contributed by atoms with Crippen LogP contribution in [0.5, 0.6) is 0 Å². The highest BCUT2D eigenvalue weighted by Crippen LogP contribution is 2.24. The molecule has 0 radical (unpaired) electrons. The van der Waals surface area contributed by atoms with Crippen molar-refractivity contribution in [1.82, 2.24) is 10.4 Å². The number of nitro groups is 1. The normalized spacial score (nSPS) is 10.1. The fraction of sp³-hybridized carbons (Fsp3) is 0.300. The van der Waals surface area contributed by atoms with E-state index in [1.807, 2.05) is 0 Å². The Balaban J connectivity index is 3.05. The van der Waals surface area contributed by atoms with Gasteiger partial charge in [-0.1, -0.05) is 0 Å². The van der Waals surface area contributed by atoms with Gasteiger partial charge in [-0.15, -0.1) is 0 Å². The summed E-state index contributed by atoms with van der Waals surface area (Å²) in [5, 5.41) is 14.9. The van der Waals surface area contributed by atoms with Gasteiger partial charge in [0.05, 0.1) is 4.92 Å². The summed E-state index contributed by atoms with van der Waals surface area (Å²) in [6, 6.07) is 4.16. The lowest BCUT2D eigenvalue weighted by atomic mass is 10.1. The largest absolute Gasteiger partial charge is 0.383 e. The first-order valence-electron chi connectivity index (χ1n) is 4.90. The van der Waals surface area contributed by atoms with Crippen molar-refractivity contribution in [3.63, 3.8) is 0 Å². The number of hydrogen-bond acceptors (Lipinski definition) is 5. The zero-order valence-electron chi connectivity index (χ0n) is 9.85. The predicted octanol–water partition coefficient (Wildman–Crippen LogP) is 0.843. The summed E-state index contributed by atoms with van der Waals surface area (Å²) in [6.45, 7) is 0. The number of hydrogen-bond donors (Lipinski definition) is 2. The molecule has 92 valence electrons. The van der Waals surface area contributed by atoms with Gasteiger partial charge in [0, 0.05) is 32.8 Å². The fourth-order valence-electron chi connectivity index (χ4n) is 1.30. The van der Waals surface area contributed by atoms with Crippen LogP contribution in [0.4, 0.5) is 11.4 Å². The van der Waals surface area contributed by atoms with Crippen molar-refractivity contribution in [2.45, 2.75) is 0 Å². The van der Waals surface area contributed by atoms with E-state index in [1.54, 1.807) is 21.1 Å². The van der Waals surface area contributed by atoms with Gasteiger partial charge in [0.25, 0.3) is 11.6 Å². The first-order chi connectivity index (χ1) is 7.95. The number of amides is 1. The highest BCUT2D eigenvalue weighted by Gasteiger charge is 2.15. The number of nitrogens with one attached hydrogen (secondary N) is 2. The summed E-state index contributed by atoms with van der Waals surface area (Å²) < 4.78 is 0. The van der Waals surface area contributed by atoms with E-state index in [9.17, 15) is 14.9 Å². The minimum atomic E-state index is -0.501. The van der Waals surface area contributed by atoms with Gasteiger partial charge in [0.15, 0.2) is 0 Å². The molecule has 1 amide bonds. The zero-order valence-corrected chi connectivity index (χ0v) is 9.85. The molecular formula is C10H14N4O3. The number of carbonyl (C=O) groups is 1. The van der Waals surface area contributed by atoms with E-state index in [0.717, 1.165) is 0 Å². The molecule has 0 aromatic heterocycles. The van der Waals surface area contributed by atoms with E-state index >= 15 is 0 Å². The van der Waals surface area contributed by atoms with Crippen molar-refractivity contribution in [2.24, 2.45) is 0 Å². The quantitative estimate of drug-likeness (QED) is 0.599. The van der Waals surface area contributed by atoms with Gasteiger partial charge < -0.3 is 5.32 Å². The predicted molar refractivity (Wildman–Crippen MR) is 63.8 cm³/mol. The number of rotatable bonds is 4. The van der Waals surface area contributed by atoms with Crippen molar-refractivity contribution in [1.29, 1.82) is 0 Å².